The van der Waals surface area contributed by atoms with Crippen molar-refractivity contribution < 1.29 is 0 Å². The molecule has 1 heterocycles. The van der Waals surface area contributed by atoms with Gasteiger partial charge in [-0.05, 0) is 88.7 Å². The Morgan fingerprint density at radius 3 is 2.48 bits per heavy atom. The second-order valence-corrected chi connectivity index (χ2v) is 9.49. The van der Waals surface area contributed by atoms with E-state index in [1.807, 2.05) is 30.3 Å². The number of halogens is 3. The average molecular weight is 538 g/mol. The van der Waals surface area contributed by atoms with Gasteiger partial charge in [0.05, 0.1) is 6.04 Å². The first kappa shape index (κ1) is 20.8. The van der Waals surface area contributed by atoms with Crippen LogP contribution in [0.5, 0.6) is 0 Å². The summed E-state index contributed by atoms with van der Waals surface area (Å²) in [5, 5.41) is 5.05. The molecule has 0 aromatic heterocycles. The Labute approximate surface area is 195 Å². The Morgan fingerprint density at radius 2 is 1.76 bits per heavy atom. The molecular formula is C23H22Cl2IN3. The quantitative estimate of drug-likeness (QED) is 0.282. The van der Waals surface area contributed by atoms with Crippen LogP contribution in [-0.4, -0.2) is 11.4 Å². The molecule has 1 aliphatic rings. The number of nitrogens with zero attached hydrogens (tertiary/aromatic N) is 1. The number of hydrogen-bond acceptors (Lipinski definition) is 3. The monoisotopic (exact) mass is 537 g/mol. The molecule has 0 aliphatic carbocycles. The summed E-state index contributed by atoms with van der Waals surface area (Å²) in [7, 11) is 0. The number of fused-ring (bicyclic) bond motifs is 1. The molecule has 0 bridgehead atoms. The molecule has 4 rings (SSSR count). The lowest BCUT2D eigenvalue weighted by Gasteiger charge is -2.36. The summed E-state index contributed by atoms with van der Waals surface area (Å²) in [6, 6.07) is 20.7. The number of benzene rings is 3. The maximum atomic E-state index is 6.35. The van der Waals surface area contributed by atoms with Gasteiger partial charge in [0.25, 0.3) is 0 Å². The van der Waals surface area contributed by atoms with Crippen LogP contribution in [0.4, 0.5) is 11.4 Å². The van der Waals surface area contributed by atoms with E-state index in [0.29, 0.717) is 5.02 Å². The van der Waals surface area contributed by atoms with E-state index in [1.54, 1.807) is 0 Å². The van der Waals surface area contributed by atoms with E-state index < -0.39 is 0 Å². The van der Waals surface area contributed by atoms with Gasteiger partial charge in [-0.15, -0.1) is 0 Å². The third kappa shape index (κ3) is 4.50. The molecule has 3 aromatic rings. The highest BCUT2D eigenvalue weighted by Crippen LogP contribution is 2.39. The highest BCUT2D eigenvalue weighted by molar-refractivity contribution is 14.1. The molecule has 3 N–H and O–H groups in total. The summed E-state index contributed by atoms with van der Waals surface area (Å²) < 4.78 is 1.23. The molecule has 1 aliphatic heterocycles. The molecular weight excluding hydrogens is 516 g/mol. The Hall–Kier alpha value is -1.47. The third-order valence-corrected chi connectivity index (χ3v) is 6.72. The zero-order valence-corrected chi connectivity index (χ0v) is 19.7. The molecule has 0 saturated heterocycles. The van der Waals surface area contributed by atoms with Crippen LogP contribution in [0.15, 0.2) is 60.7 Å². The first-order valence-electron chi connectivity index (χ1n) is 9.51. The van der Waals surface area contributed by atoms with Gasteiger partial charge in [0.2, 0.25) is 0 Å². The van der Waals surface area contributed by atoms with Gasteiger partial charge in [-0.3, -0.25) is 4.90 Å². The van der Waals surface area contributed by atoms with Crippen molar-refractivity contribution in [3.05, 3.63) is 91.0 Å². The molecule has 29 heavy (non-hydrogen) atoms. The molecule has 3 aromatic carbocycles. The Kier molecular flexibility index (Phi) is 6.25. The molecule has 2 unspecified atom stereocenters. The minimum Gasteiger partial charge on any atom is -0.398 e. The van der Waals surface area contributed by atoms with Gasteiger partial charge in [-0.25, -0.2) is 0 Å². The maximum Gasteiger partial charge on any atom is 0.0530 e. The smallest absolute Gasteiger partial charge is 0.0530 e. The number of nitrogens with two attached hydrogens (primary N) is 1. The number of nitrogen functional groups attached to an aromatic ring is 1. The third-order valence-electron chi connectivity index (χ3n) is 5.56. The first-order chi connectivity index (χ1) is 13.9. The van der Waals surface area contributed by atoms with E-state index in [1.165, 1.54) is 20.4 Å². The van der Waals surface area contributed by atoms with Crippen LogP contribution in [0.3, 0.4) is 0 Å². The first-order valence-corrected chi connectivity index (χ1v) is 11.3. The molecule has 0 amide bonds. The van der Waals surface area contributed by atoms with Crippen molar-refractivity contribution in [1.29, 1.82) is 0 Å². The second kappa shape index (κ2) is 8.72. The fourth-order valence-corrected chi connectivity index (χ4v) is 4.86. The molecule has 150 valence electrons. The van der Waals surface area contributed by atoms with Crippen LogP contribution in [-0.2, 0) is 6.54 Å². The number of rotatable bonds is 3. The molecule has 2 atom stereocenters. The largest absolute Gasteiger partial charge is 0.398 e. The Bertz CT molecular complexity index is 1020. The van der Waals surface area contributed by atoms with Crippen molar-refractivity contribution >= 4 is 57.2 Å². The van der Waals surface area contributed by atoms with E-state index in [4.69, 9.17) is 28.9 Å². The highest BCUT2D eigenvalue weighted by Gasteiger charge is 2.30. The van der Waals surface area contributed by atoms with Crippen molar-refractivity contribution in [3.63, 3.8) is 0 Å². The van der Waals surface area contributed by atoms with Crippen LogP contribution in [0.25, 0.3) is 0 Å². The summed E-state index contributed by atoms with van der Waals surface area (Å²) in [5.41, 5.74) is 11.8. The standard InChI is InChI=1S/C23H22Cl2IN3/c1-14(20-8-6-18(25)11-21(20)27)29-13-16-10-19(26)7-9-22(16)28-12-23(29)15-2-4-17(24)5-3-15/h2-11,14,23,28H,12-13,27H2,1H3. The zero-order chi connectivity index (χ0) is 20.5. The van der Waals surface area contributed by atoms with Gasteiger partial charge in [-0.2, -0.15) is 0 Å². The fraction of sp³-hybridized carbons (Fsp3) is 0.217. The molecule has 3 nitrogen and oxygen atoms in total. The summed E-state index contributed by atoms with van der Waals surface area (Å²) in [5.74, 6) is 0. The SMILES string of the molecule is CC(c1ccc(Cl)cc1N)N1Cc2cc(I)ccc2NCC1c1ccc(Cl)cc1. The van der Waals surface area contributed by atoms with Crippen molar-refractivity contribution in [2.75, 3.05) is 17.6 Å². The lowest BCUT2D eigenvalue weighted by molar-refractivity contribution is 0.144. The van der Waals surface area contributed by atoms with Crippen LogP contribution in [0.1, 0.15) is 35.7 Å². The van der Waals surface area contributed by atoms with Gasteiger partial charge in [-0.1, -0.05) is 41.4 Å². The van der Waals surface area contributed by atoms with E-state index in [9.17, 15) is 0 Å². The van der Waals surface area contributed by atoms with Crippen LogP contribution < -0.4 is 11.1 Å². The molecule has 0 radical (unpaired) electrons. The predicted molar refractivity (Wildman–Crippen MR) is 132 cm³/mol. The zero-order valence-electron chi connectivity index (χ0n) is 16.0. The number of anilines is 2. The topological polar surface area (TPSA) is 41.3 Å². The van der Waals surface area contributed by atoms with Crippen LogP contribution in [0, 0.1) is 3.57 Å². The fourth-order valence-electron chi connectivity index (χ4n) is 4.00. The number of hydrogen-bond donors (Lipinski definition) is 2. The predicted octanol–water partition coefficient (Wildman–Crippen LogP) is 6.91. The Balaban J connectivity index is 1.77. The Morgan fingerprint density at radius 1 is 1.03 bits per heavy atom. The minimum absolute atomic E-state index is 0.110. The van der Waals surface area contributed by atoms with Gasteiger partial charge in [0.15, 0.2) is 0 Å². The summed E-state index contributed by atoms with van der Waals surface area (Å²) in [6.07, 6.45) is 0. The lowest BCUT2D eigenvalue weighted by atomic mass is 9.98. The lowest BCUT2D eigenvalue weighted by Crippen LogP contribution is -2.33. The molecule has 6 heteroatoms. The van der Waals surface area contributed by atoms with Gasteiger partial charge in [0.1, 0.15) is 0 Å². The van der Waals surface area contributed by atoms with Crippen LogP contribution >= 0.6 is 45.8 Å². The van der Waals surface area contributed by atoms with E-state index in [-0.39, 0.29) is 12.1 Å². The molecule has 0 fully saturated rings. The molecule has 0 saturated carbocycles. The summed E-state index contributed by atoms with van der Waals surface area (Å²) in [6.45, 7) is 3.82. The number of nitrogens with one attached hydrogen (secondary N) is 1. The van der Waals surface area contributed by atoms with E-state index in [2.05, 4.69) is 70.1 Å². The van der Waals surface area contributed by atoms with E-state index in [0.717, 1.165) is 29.4 Å². The van der Waals surface area contributed by atoms with Crippen LogP contribution in [0.2, 0.25) is 10.0 Å². The molecule has 0 spiro atoms. The maximum absolute atomic E-state index is 6.35. The van der Waals surface area contributed by atoms with Crippen molar-refractivity contribution in [3.8, 4) is 0 Å². The highest BCUT2D eigenvalue weighted by atomic mass is 127. The summed E-state index contributed by atoms with van der Waals surface area (Å²) >= 11 is 14.7. The summed E-state index contributed by atoms with van der Waals surface area (Å²) in [4.78, 5) is 2.50. The average Bonchev–Trinajstić information content (AvgIpc) is 2.87. The van der Waals surface area contributed by atoms with E-state index >= 15 is 0 Å². The van der Waals surface area contributed by atoms with Crippen molar-refractivity contribution in [2.24, 2.45) is 0 Å². The normalized spacial score (nSPS) is 17.9. The van der Waals surface area contributed by atoms with Crippen molar-refractivity contribution in [2.45, 2.75) is 25.6 Å². The van der Waals surface area contributed by atoms with Gasteiger partial charge in [0, 0.05) is 44.1 Å². The van der Waals surface area contributed by atoms with Crippen molar-refractivity contribution in [1.82, 2.24) is 4.90 Å². The second-order valence-electron chi connectivity index (χ2n) is 7.37. The minimum atomic E-state index is 0.110. The van der Waals surface area contributed by atoms with Gasteiger partial charge < -0.3 is 11.1 Å². The van der Waals surface area contributed by atoms with Gasteiger partial charge >= 0.3 is 0 Å².